The van der Waals surface area contributed by atoms with E-state index < -0.39 is 17.1 Å². The molecule has 0 aliphatic heterocycles. The molecule has 26 heavy (non-hydrogen) atoms. The molecule has 1 heterocycles. The molecule has 0 saturated heterocycles. The van der Waals surface area contributed by atoms with Crippen molar-refractivity contribution >= 4 is 10.8 Å². The second-order valence-electron chi connectivity index (χ2n) is 5.87. The van der Waals surface area contributed by atoms with Crippen molar-refractivity contribution in [2.75, 3.05) is 0 Å². The minimum Gasteiger partial charge on any atom is -0.247 e. The zero-order valence-electron chi connectivity index (χ0n) is 14.3. The van der Waals surface area contributed by atoms with E-state index in [0.29, 0.717) is 0 Å². The maximum absolute atomic E-state index is 12.7. The van der Waals surface area contributed by atoms with Gasteiger partial charge in [0.25, 0.3) is 0 Å². The Morgan fingerprint density at radius 2 is 1.27 bits per heavy atom. The topological polar surface area (TPSA) is 66.0 Å². The van der Waals surface area contributed by atoms with Gasteiger partial charge >= 0.3 is 17.1 Å². The van der Waals surface area contributed by atoms with Crippen molar-refractivity contribution in [1.82, 2.24) is 13.7 Å². The Morgan fingerprint density at radius 1 is 0.731 bits per heavy atom. The van der Waals surface area contributed by atoms with E-state index in [4.69, 9.17) is 0 Å². The lowest BCUT2D eigenvalue weighted by Crippen LogP contribution is -2.54. The van der Waals surface area contributed by atoms with Crippen molar-refractivity contribution in [2.45, 2.75) is 19.6 Å². The first kappa shape index (κ1) is 17.4. The Kier molecular flexibility index (Phi) is 4.84. The first-order chi connectivity index (χ1) is 12.6. The average Bonchev–Trinajstić information content (AvgIpc) is 2.66. The van der Waals surface area contributed by atoms with E-state index in [-0.39, 0.29) is 19.6 Å². The molecule has 2 aromatic carbocycles. The molecule has 0 fully saturated rings. The number of fused-ring (bicyclic) bond motifs is 1. The van der Waals surface area contributed by atoms with Gasteiger partial charge in [0.1, 0.15) is 0 Å². The standard InChI is InChI=1S/C20H19N3O3/c1-3-12-21-18(24)22(13-4-2)20(26)23(19(21)25)14-16-10-7-9-15-8-5-6-11-17(15)16/h3-11H,1-2,12-14H2. The van der Waals surface area contributed by atoms with Crippen molar-refractivity contribution in [2.24, 2.45) is 0 Å². The van der Waals surface area contributed by atoms with Crippen LogP contribution in [-0.2, 0) is 19.6 Å². The van der Waals surface area contributed by atoms with Crippen molar-refractivity contribution in [1.29, 1.82) is 0 Å². The summed E-state index contributed by atoms with van der Waals surface area (Å²) in [7, 11) is 0. The molecule has 132 valence electrons. The lowest BCUT2D eigenvalue weighted by atomic mass is 10.0. The molecule has 0 amide bonds. The largest absolute Gasteiger partial charge is 0.336 e. The summed E-state index contributed by atoms with van der Waals surface area (Å²) in [5.74, 6) is 0. The summed E-state index contributed by atoms with van der Waals surface area (Å²) in [4.78, 5) is 37.9. The first-order valence-electron chi connectivity index (χ1n) is 8.21. The summed E-state index contributed by atoms with van der Waals surface area (Å²) in [6.07, 6.45) is 2.90. The summed E-state index contributed by atoms with van der Waals surface area (Å²) in [6.45, 7) is 7.29. The number of rotatable bonds is 6. The molecular formula is C20H19N3O3. The molecule has 6 nitrogen and oxygen atoms in total. The zero-order valence-corrected chi connectivity index (χ0v) is 14.3. The lowest BCUT2D eigenvalue weighted by molar-refractivity contribution is 0.499. The van der Waals surface area contributed by atoms with E-state index in [1.807, 2.05) is 42.5 Å². The maximum atomic E-state index is 12.7. The van der Waals surface area contributed by atoms with Crippen LogP contribution in [0.4, 0.5) is 0 Å². The highest BCUT2D eigenvalue weighted by Crippen LogP contribution is 2.18. The maximum Gasteiger partial charge on any atom is 0.336 e. The van der Waals surface area contributed by atoms with Crippen LogP contribution < -0.4 is 17.1 Å². The van der Waals surface area contributed by atoms with Crippen LogP contribution in [0.25, 0.3) is 10.8 Å². The highest BCUT2D eigenvalue weighted by Gasteiger charge is 2.15. The first-order valence-corrected chi connectivity index (χ1v) is 8.21. The number of hydrogen-bond acceptors (Lipinski definition) is 3. The van der Waals surface area contributed by atoms with E-state index in [9.17, 15) is 14.4 Å². The smallest absolute Gasteiger partial charge is 0.247 e. The number of hydrogen-bond donors (Lipinski definition) is 0. The van der Waals surface area contributed by atoms with Crippen LogP contribution in [0.15, 0.2) is 82.2 Å². The van der Waals surface area contributed by atoms with Gasteiger partial charge in [-0.05, 0) is 16.3 Å². The fourth-order valence-corrected chi connectivity index (χ4v) is 2.99. The Bertz CT molecular complexity index is 1110. The van der Waals surface area contributed by atoms with Gasteiger partial charge in [-0.2, -0.15) is 0 Å². The third-order valence-electron chi connectivity index (χ3n) is 4.22. The highest BCUT2D eigenvalue weighted by molar-refractivity contribution is 5.85. The molecule has 0 N–H and O–H groups in total. The van der Waals surface area contributed by atoms with Gasteiger partial charge in [0, 0.05) is 0 Å². The third kappa shape index (κ3) is 2.97. The summed E-state index contributed by atoms with van der Waals surface area (Å²) in [5.41, 5.74) is -1.12. The molecule has 0 saturated carbocycles. The van der Waals surface area contributed by atoms with Crippen molar-refractivity contribution in [3.05, 3.63) is 105 Å². The molecule has 0 atom stereocenters. The predicted octanol–water partition coefficient (Wildman–Crippen LogP) is 1.75. The van der Waals surface area contributed by atoms with Crippen molar-refractivity contribution in [3.8, 4) is 0 Å². The van der Waals surface area contributed by atoms with E-state index in [1.54, 1.807) is 0 Å². The highest BCUT2D eigenvalue weighted by atomic mass is 16.2. The van der Waals surface area contributed by atoms with Crippen LogP contribution in [0, 0.1) is 0 Å². The SMILES string of the molecule is C=CCn1c(=O)n(CC=C)c(=O)n(Cc2cccc3ccccc23)c1=O. The van der Waals surface area contributed by atoms with E-state index in [0.717, 1.165) is 30.0 Å². The molecule has 0 aliphatic carbocycles. The number of aromatic nitrogens is 3. The van der Waals surface area contributed by atoms with E-state index >= 15 is 0 Å². The van der Waals surface area contributed by atoms with Crippen LogP contribution in [-0.4, -0.2) is 13.7 Å². The summed E-state index contributed by atoms with van der Waals surface area (Å²) in [5, 5.41) is 1.97. The van der Waals surface area contributed by atoms with Crippen molar-refractivity contribution < 1.29 is 0 Å². The second kappa shape index (κ2) is 7.23. The molecule has 3 rings (SSSR count). The Balaban J connectivity index is 2.25. The number of allylic oxidation sites excluding steroid dienone is 2. The lowest BCUT2D eigenvalue weighted by Gasteiger charge is -2.13. The molecule has 0 aliphatic rings. The van der Waals surface area contributed by atoms with Crippen LogP contribution in [0.1, 0.15) is 5.56 Å². The second-order valence-corrected chi connectivity index (χ2v) is 5.87. The average molecular weight is 349 g/mol. The van der Waals surface area contributed by atoms with Crippen LogP contribution in [0.5, 0.6) is 0 Å². The number of benzene rings is 2. The molecule has 6 heteroatoms. The van der Waals surface area contributed by atoms with Gasteiger partial charge in [0.2, 0.25) is 0 Å². The Labute approximate surface area is 149 Å². The van der Waals surface area contributed by atoms with Gasteiger partial charge in [-0.25, -0.2) is 28.1 Å². The van der Waals surface area contributed by atoms with E-state index in [2.05, 4.69) is 13.2 Å². The van der Waals surface area contributed by atoms with Crippen LogP contribution in [0.2, 0.25) is 0 Å². The fraction of sp³-hybridized carbons (Fsp3) is 0.150. The van der Waals surface area contributed by atoms with Gasteiger partial charge in [-0.3, -0.25) is 0 Å². The van der Waals surface area contributed by atoms with Crippen LogP contribution >= 0.6 is 0 Å². The van der Waals surface area contributed by atoms with Gasteiger partial charge in [0.15, 0.2) is 0 Å². The third-order valence-corrected chi connectivity index (χ3v) is 4.22. The Hall–Kier alpha value is -3.41. The van der Waals surface area contributed by atoms with Gasteiger partial charge in [0.05, 0.1) is 19.6 Å². The monoisotopic (exact) mass is 349 g/mol. The summed E-state index contributed by atoms with van der Waals surface area (Å²) < 4.78 is 3.09. The number of nitrogens with zero attached hydrogens (tertiary/aromatic N) is 3. The van der Waals surface area contributed by atoms with Gasteiger partial charge in [-0.1, -0.05) is 54.6 Å². The zero-order chi connectivity index (χ0) is 18.7. The molecule has 0 spiro atoms. The normalized spacial score (nSPS) is 10.8. The van der Waals surface area contributed by atoms with Gasteiger partial charge in [-0.15, -0.1) is 13.2 Å². The minimum absolute atomic E-state index is 0.0324. The minimum atomic E-state index is -0.658. The predicted molar refractivity (Wildman–Crippen MR) is 103 cm³/mol. The van der Waals surface area contributed by atoms with Crippen LogP contribution in [0.3, 0.4) is 0 Å². The molecule has 1 aromatic heterocycles. The van der Waals surface area contributed by atoms with E-state index in [1.165, 1.54) is 12.2 Å². The molecule has 0 bridgehead atoms. The van der Waals surface area contributed by atoms with Crippen molar-refractivity contribution in [3.63, 3.8) is 0 Å². The van der Waals surface area contributed by atoms with Gasteiger partial charge < -0.3 is 0 Å². The quantitative estimate of drug-likeness (QED) is 0.637. The molecule has 3 aromatic rings. The molecular weight excluding hydrogens is 330 g/mol. The Morgan fingerprint density at radius 3 is 1.88 bits per heavy atom. The summed E-state index contributed by atoms with van der Waals surface area (Å²) >= 11 is 0. The molecule has 0 radical (unpaired) electrons. The summed E-state index contributed by atoms with van der Waals surface area (Å²) in [6, 6.07) is 13.5. The fourth-order valence-electron chi connectivity index (χ4n) is 2.99. The molecule has 0 unspecified atom stereocenters.